The van der Waals surface area contributed by atoms with E-state index in [-0.39, 0.29) is 18.1 Å². The maximum atomic E-state index is 13.6. The van der Waals surface area contributed by atoms with Gasteiger partial charge in [-0.15, -0.1) is 0 Å². The molecule has 0 aliphatic heterocycles. The highest BCUT2D eigenvalue weighted by Gasteiger charge is 2.29. The van der Waals surface area contributed by atoms with Crippen LogP contribution in [0.25, 0.3) is 10.9 Å². The molecule has 0 fully saturated rings. The fourth-order valence-electron chi connectivity index (χ4n) is 4.11. The van der Waals surface area contributed by atoms with Crippen molar-refractivity contribution >= 4 is 22.6 Å². The van der Waals surface area contributed by atoms with Gasteiger partial charge in [-0.3, -0.25) is 9.36 Å². The summed E-state index contributed by atoms with van der Waals surface area (Å²) in [6, 6.07) is 17.7. The number of nitrogens with one attached hydrogen (secondary N) is 1. The molecule has 0 bridgehead atoms. The average molecular weight is 475 g/mol. The van der Waals surface area contributed by atoms with Gasteiger partial charge in [0.2, 0.25) is 0 Å². The molecule has 182 valence electrons. The maximum Gasteiger partial charge on any atom is 0.322 e. The number of rotatable bonds is 9. The standard InChI is InChI=1S/C27H30N4O4/c1-4-24(25-29-23-10-6-5-9-22(23)26(32)30(25)15-17-34-3)31(18-21-8-7-16-35-21)27(33)28-20-13-11-19(2)12-14-20/h5-14,16,24H,4,15,17-18H2,1-3H3,(H,28,33). The van der Waals surface area contributed by atoms with Crippen LogP contribution in [0, 0.1) is 6.92 Å². The molecule has 0 radical (unpaired) electrons. The largest absolute Gasteiger partial charge is 0.467 e. The van der Waals surface area contributed by atoms with Gasteiger partial charge >= 0.3 is 6.03 Å². The first-order valence-electron chi connectivity index (χ1n) is 11.7. The normalized spacial score (nSPS) is 12.0. The predicted molar refractivity (Wildman–Crippen MR) is 135 cm³/mol. The molecule has 0 saturated heterocycles. The monoisotopic (exact) mass is 474 g/mol. The molecule has 4 rings (SSSR count). The Morgan fingerprint density at radius 2 is 1.91 bits per heavy atom. The highest BCUT2D eigenvalue weighted by Crippen LogP contribution is 2.27. The van der Waals surface area contributed by atoms with Gasteiger partial charge in [0, 0.05) is 12.8 Å². The molecule has 0 spiro atoms. The van der Waals surface area contributed by atoms with E-state index in [1.807, 2.05) is 62.4 Å². The number of methoxy groups -OCH3 is 1. The number of fused-ring (bicyclic) bond motifs is 1. The van der Waals surface area contributed by atoms with Crippen molar-refractivity contribution in [2.75, 3.05) is 19.0 Å². The maximum absolute atomic E-state index is 13.6. The molecular formula is C27H30N4O4. The lowest BCUT2D eigenvalue weighted by Crippen LogP contribution is -2.41. The Morgan fingerprint density at radius 3 is 2.60 bits per heavy atom. The van der Waals surface area contributed by atoms with Gasteiger partial charge in [-0.25, -0.2) is 9.78 Å². The van der Waals surface area contributed by atoms with E-state index < -0.39 is 6.04 Å². The van der Waals surface area contributed by atoms with Gasteiger partial charge in [-0.1, -0.05) is 36.8 Å². The molecule has 0 aliphatic rings. The highest BCUT2D eigenvalue weighted by atomic mass is 16.5. The number of para-hydroxylation sites is 1. The second-order valence-corrected chi connectivity index (χ2v) is 8.36. The molecule has 1 N–H and O–H groups in total. The van der Waals surface area contributed by atoms with E-state index in [9.17, 15) is 9.59 Å². The van der Waals surface area contributed by atoms with E-state index in [1.165, 1.54) is 0 Å². The fourth-order valence-corrected chi connectivity index (χ4v) is 4.11. The summed E-state index contributed by atoms with van der Waals surface area (Å²) in [5.74, 6) is 1.15. The Balaban J connectivity index is 1.79. The molecule has 2 aromatic carbocycles. The van der Waals surface area contributed by atoms with Gasteiger partial charge in [0.15, 0.2) is 0 Å². The van der Waals surface area contributed by atoms with E-state index in [1.54, 1.807) is 35.0 Å². The number of aryl methyl sites for hydroxylation is 1. The predicted octanol–water partition coefficient (Wildman–Crippen LogP) is 5.13. The van der Waals surface area contributed by atoms with Crippen molar-refractivity contribution in [3.63, 3.8) is 0 Å². The molecule has 2 amide bonds. The highest BCUT2D eigenvalue weighted by molar-refractivity contribution is 5.89. The van der Waals surface area contributed by atoms with E-state index >= 15 is 0 Å². The second kappa shape index (κ2) is 11.0. The lowest BCUT2D eigenvalue weighted by atomic mass is 10.1. The number of carbonyl (C=O) groups excluding carboxylic acids is 1. The number of furan rings is 1. The van der Waals surface area contributed by atoms with Crippen molar-refractivity contribution in [1.29, 1.82) is 0 Å². The summed E-state index contributed by atoms with van der Waals surface area (Å²) in [4.78, 5) is 33.6. The van der Waals surface area contributed by atoms with Crippen molar-refractivity contribution in [3.8, 4) is 0 Å². The van der Waals surface area contributed by atoms with Crippen molar-refractivity contribution in [2.24, 2.45) is 0 Å². The van der Waals surface area contributed by atoms with Crippen LogP contribution in [0.1, 0.15) is 36.5 Å². The number of nitrogens with zero attached hydrogens (tertiary/aromatic N) is 3. The quantitative estimate of drug-likeness (QED) is 0.363. The number of amides is 2. The lowest BCUT2D eigenvalue weighted by Gasteiger charge is -2.32. The van der Waals surface area contributed by atoms with Crippen LogP contribution in [0.5, 0.6) is 0 Å². The Labute approximate surface area is 204 Å². The Morgan fingerprint density at radius 1 is 1.14 bits per heavy atom. The number of urea groups is 1. The van der Waals surface area contributed by atoms with Crippen LogP contribution in [0.15, 0.2) is 76.1 Å². The SMILES string of the molecule is CCC(c1nc2ccccc2c(=O)n1CCOC)N(Cc1ccco1)C(=O)Nc1ccc(C)cc1. The fraction of sp³-hybridized carbons (Fsp3) is 0.296. The molecule has 0 saturated carbocycles. The number of hydrogen-bond donors (Lipinski definition) is 1. The molecule has 1 unspecified atom stereocenters. The Bertz CT molecular complexity index is 1330. The molecule has 1 atom stereocenters. The summed E-state index contributed by atoms with van der Waals surface area (Å²) < 4.78 is 12.5. The lowest BCUT2D eigenvalue weighted by molar-refractivity contribution is 0.161. The third kappa shape index (κ3) is 5.44. The van der Waals surface area contributed by atoms with Crippen LogP contribution in [-0.2, 0) is 17.8 Å². The first kappa shape index (κ1) is 24.2. The minimum absolute atomic E-state index is 0.155. The molecule has 35 heavy (non-hydrogen) atoms. The zero-order valence-electron chi connectivity index (χ0n) is 20.2. The molecule has 8 nitrogen and oxygen atoms in total. The number of carbonyl (C=O) groups is 1. The third-order valence-electron chi connectivity index (χ3n) is 5.94. The second-order valence-electron chi connectivity index (χ2n) is 8.36. The molecule has 4 aromatic rings. The topological polar surface area (TPSA) is 89.6 Å². The van der Waals surface area contributed by atoms with Crippen LogP contribution in [0.4, 0.5) is 10.5 Å². The van der Waals surface area contributed by atoms with Gasteiger partial charge in [0.1, 0.15) is 11.6 Å². The van der Waals surface area contributed by atoms with Crippen LogP contribution in [-0.4, -0.2) is 34.2 Å². The van der Waals surface area contributed by atoms with Crippen LogP contribution >= 0.6 is 0 Å². The van der Waals surface area contributed by atoms with Gasteiger partial charge in [0.05, 0.1) is 42.9 Å². The van der Waals surface area contributed by atoms with E-state index in [0.717, 1.165) is 5.56 Å². The number of hydrogen-bond acceptors (Lipinski definition) is 5. The van der Waals surface area contributed by atoms with Crippen molar-refractivity contribution in [3.05, 3.63) is 94.4 Å². The summed E-state index contributed by atoms with van der Waals surface area (Å²) in [6.45, 7) is 4.86. The third-order valence-corrected chi connectivity index (χ3v) is 5.94. The number of ether oxygens (including phenoxy) is 1. The molecule has 8 heteroatoms. The summed E-state index contributed by atoms with van der Waals surface area (Å²) in [7, 11) is 1.59. The first-order valence-corrected chi connectivity index (χ1v) is 11.7. The Kier molecular flexibility index (Phi) is 7.62. The molecule has 2 heterocycles. The Hall–Kier alpha value is -3.91. The van der Waals surface area contributed by atoms with E-state index in [2.05, 4.69) is 5.32 Å². The van der Waals surface area contributed by atoms with Crippen LogP contribution in [0.2, 0.25) is 0 Å². The molecule has 0 aliphatic carbocycles. The van der Waals surface area contributed by atoms with Crippen molar-refractivity contribution in [2.45, 2.75) is 39.4 Å². The summed E-state index contributed by atoms with van der Waals surface area (Å²) in [6.07, 6.45) is 2.12. The number of benzene rings is 2. The number of aromatic nitrogens is 2. The van der Waals surface area contributed by atoms with Gasteiger partial charge in [-0.2, -0.15) is 0 Å². The van der Waals surface area contributed by atoms with Crippen LogP contribution in [0.3, 0.4) is 0 Å². The van der Waals surface area contributed by atoms with Crippen molar-refractivity contribution in [1.82, 2.24) is 14.5 Å². The van der Waals surface area contributed by atoms with E-state index in [4.69, 9.17) is 14.1 Å². The molecular weight excluding hydrogens is 444 g/mol. The van der Waals surface area contributed by atoms with Crippen molar-refractivity contribution < 1.29 is 13.9 Å². The molecule has 2 aromatic heterocycles. The van der Waals surface area contributed by atoms with Crippen LogP contribution < -0.4 is 10.9 Å². The zero-order chi connectivity index (χ0) is 24.8. The summed E-state index contributed by atoms with van der Waals surface area (Å²) >= 11 is 0. The minimum Gasteiger partial charge on any atom is -0.467 e. The van der Waals surface area contributed by atoms with Gasteiger partial charge in [-0.05, 0) is 49.7 Å². The smallest absolute Gasteiger partial charge is 0.322 e. The zero-order valence-corrected chi connectivity index (χ0v) is 20.2. The van der Waals surface area contributed by atoms with Gasteiger partial charge < -0.3 is 19.4 Å². The van der Waals surface area contributed by atoms with Gasteiger partial charge in [0.25, 0.3) is 5.56 Å². The minimum atomic E-state index is -0.486. The number of anilines is 1. The first-order chi connectivity index (χ1) is 17.0. The average Bonchev–Trinajstić information content (AvgIpc) is 3.38. The van der Waals surface area contributed by atoms with E-state index in [0.29, 0.717) is 47.7 Å². The summed E-state index contributed by atoms with van der Waals surface area (Å²) in [5.41, 5.74) is 2.22. The summed E-state index contributed by atoms with van der Waals surface area (Å²) in [5, 5.41) is 3.52.